The van der Waals surface area contributed by atoms with Crippen molar-refractivity contribution >= 4 is 58.6 Å². The smallest absolute Gasteiger partial charge is 0.333 e. The Morgan fingerprint density at radius 1 is 1.17 bits per heavy atom. The normalized spacial score (nSPS) is 13.2. The molecule has 35 heavy (non-hydrogen) atoms. The molecule has 1 aliphatic heterocycles. The molecule has 182 valence electrons. The molecule has 0 atom stereocenters. The fourth-order valence-electron chi connectivity index (χ4n) is 3.29. The van der Waals surface area contributed by atoms with Gasteiger partial charge in [0, 0.05) is 16.6 Å². The second-order valence-corrected chi connectivity index (χ2v) is 9.27. The zero-order chi connectivity index (χ0) is 24.9. The standard InChI is InChI=1S/C24H20Cl2N2O6S/c1-2-32-23(30)10-22-28(24(31)20(35-22)8-15-4-5-16(25)9-17(15)26)12-21(29)27-11-14-3-6-18-19(7-14)34-13-33-18/h3-10H,2,11-13H2,1H3,(H,27,29). The number of fused-ring (bicyclic) bond motifs is 1. The minimum atomic E-state index is -0.612. The van der Waals surface area contributed by atoms with Crippen molar-refractivity contribution in [2.45, 2.75) is 20.0 Å². The van der Waals surface area contributed by atoms with Gasteiger partial charge in [-0.05, 0) is 48.4 Å². The minimum Gasteiger partial charge on any atom is -0.463 e. The van der Waals surface area contributed by atoms with Gasteiger partial charge in [0.15, 0.2) is 11.5 Å². The van der Waals surface area contributed by atoms with Crippen molar-refractivity contribution in [3.63, 3.8) is 0 Å². The van der Waals surface area contributed by atoms with Crippen LogP contribution in [0.3, 0.4) is 0 Å². The highest BCUT2D eigenvalue weighted by molar-refractivity contribution is 7.07. The van der Waals surface area contributed by atoms with E-state index in [0.717, 1.165) is 16.9 Å². The van der Waals surface area contributed by atoms with Crippen LogP contribution in [0.25, 0.3) is 12.2 Å². The maximum Gasteiger partial charge on any atom is 0.333 e. The molecule has 0 saturated carbocycles. The van der Waals surface area contributed by atoms with Crippen molar-refractivity contribution in [1.82, 2.24) is 9.88 Å². The highest BCUT2D eigenvalue weighted by Gasteiger charge is 2.15. The van der Waals surface area contributed by atoms with E-state index in [2.05, 4.69) is 5.32 Å². The summed E-state index contributed by atoms with van der Waals surface area (Å²) >= 11 is 13.2. The summed E-state index contributed by atoms with van der Waals surface area (Å²) in [6, 6.07) is 10.3. The van der Waals surface area contributed by atoms with E-state index < -0.39 is 17.4 Å². The Hall–Kier alpha value is -3.27. The number of halogens is 2. The van der Waals surface area contributed by atoms with Crippen LogP contribution in [0.15, 0.2) is 41.2 Å². The van der Waals surface area contributed by atoms with E-state index in [1.54, 1.807) is 43.3 Å². The summed E-state index contributed by atoms with van der Waals surface area (Å²) in [7, 11) is 0. The molecule has 4 rings (SSSR count). The molecule has 0 unspecified atom stereocenters. The van der Waals surface area contributed by atoms with E-state index >= 15 is 0 Å². The number of nitrogens with zero attached hydrogens (tertiary/aromatic N) is 1. The molecule has 2 aromatic carbocycles. The summed E-state index contributed by atoms with van der Waals surface area (Å²) in [5, 5.41) is 3.61. The Bertz CT molecular complexity index is 1460. The van der Waals surface area contributed by atoms with Crippen LogP contribution in [0.4, 0.5) is 0 Å². The van der Waals surface area contributed by atoms with Gasteiger partial charge in [-0.1, -0.05) is 35.3 Å². The molecule has 1 N–H and O–H groups in total. The molecule has 11 heteroatoms. The maximum atomic E-state index is 13.1. The van der Waals surface area contributed by atoms with Gasteiger partial charge < -0.3 is 19.5 Å². The van der Waals surface area contributed by atoms with Gasteiger partial charge in [0.05, 0.1) is 17.2 Å². The molecule has 8 nitrogen and oxygen atoms in total. The average Bonchev–Trinajstić information content (AvgIpc) is 3.39. The van der Waals surface area contributed by atoms with Crippen molar-refractivity contribution in [2.75, 3.05) is 13.4 Å². The first kappa shape index (κ1) is 24.8. The Balaban J connectivity index is 1.60. The van der Waals surface area contributed by atoms with Crippen LogP contribution in [0.1, 0.15) is 18.1 Å². The van der Waals surface area contributed by atoms with Crippen LogP contribution in [-0.2, 0) is 27.4 Å². The third kappa shape index (κ3) is 6.05. The number of hydrogen-bond donors (Lipinski definition) is 1. The third-order valence-corrected chi connectivity index (χ3v) is 6.56. The average molecular weight is 535 g/mol. The number of esters is 1. The molecule has 1 aromatic heterocycles. The van der Waals surface area contributed by atoms with Crippen molar-refractivity contribution in [3.8, 4) is 11.5 Å². The van der Waals surface area contributed by atoms with Crippen LogP contribution in [0.2, 0.25) is 10.0 Å². The number of ether oxygens (including phenoxy) is 3. The van der Waals surface area contributed by atoms with E-state index in [-0.39, 0.29) is 31.2 Å². The van der Waals surface area contributed by atoms with Crippen molar-refractivity contribution < 1.29 is 23.8 Å². The monoisotopic (exact) mass is 534 g/mol. The van der Waals surface area contributed by atoms with E-state index in [1.807, 2.05) is 6.07 Å². The quantitative estimate of drug-likeness (QED) is 0.467. The number of aromatic nitrogens is 1. The van der Waals surface area contributed by atoms with Gasteiger partial charge in [0.1, 0.15) is 11.2 Å². The second-order valence-electron chi connectivity index (χ2n) is 7.37. The number of thiazole rings is 1. The highest BCUT2D eigenvalue weighted by atomic mass is 35.5. The van der Waals surface area contributed by atoms with Gasteiger partial charge >= 0.3 is 5.97 Å². The largest absolute Gasteiger partial charge is 0.463 e. The first-order valence-corrected chi connectivity index (χ1v) is 12.1. The van der Waals surface area contributed by atoms with Gasteiger partial charge in [-0.25, -0.2) is 4.79 Å². The lowest BCUT2D eigenvalue weighted by atomic mass is 10.2. The predicted molar refractivity (Wildman–Crippen MR) is 133 cm³/mol. The molecule has 0 spiro atoms. The van der Waals surface area contributed by atoms with E-state index in [0.29, 0.717) is 31.6 Å². The summed E-state index contributed by atoms with van der Waals surface area (Å²) in [6.45, 7) is 1.96. The minimum absolute atomic E-state index is 0.159. The second kappa shape index (κ2) is 11.0. The molecule has 3 aromatic rings. The molecule has 1 amide bonds. The number of amides is 1. The Labute approximate surface area is 213 Å². The molecule has 0 saturated heterocycles. The van der Waals surface area contributed by atoms with Crippen LogP contribution in [0.5, 0.6) is 11.5 Å². The zero-order valence-electron chi connectivity index (χ0n) is 18.5. The molecule has 0 fully saturated rings. The number of rotatable bonds is 7. The first-order valence-electron chi connectivity index (χ1n) is 10.5. The topological polar surface area (TPSA) is 95.9 Å². The molecule has 0 radical (unpaired) electrons. The zero-order valence-corrected chi connectivity index (χ0v) is 20.8. The van der Waals surface area contributed by atoms with Crippen molar-refractivity contribution in [1.29, 1.82) is 0 Å². The Kier molecular flexibility index (Phi) is 7.80. The van der Waals surface area contributed by atoms with Crippen LogP contribution < -0.4 is 29.5 Å². The third-order valence-electron chi connectivity index (χ3n) is 4.94. The molecule has 0 bridgehead atoms. The van der Waals surface area contributed by atoms with E-state index in [4.69, 9.17) is 37.4 Å². The van der Waals surface area contributed by atoms with Crippen LogP contribution in [-0.4, -0.2) is 29.8 Å². The van der Waals surface area contributed by atoms with Crippen LogP contribution >= 0.6 is 34.5 Å². The lowest BCUT2D eigenvalue weighted by molar-refractivity contribution is -0.135. The fourth-order valence-corrected chi connectivity index (χ4v) is 4.77. The van der Waals surface area contributed by atoms with Gasteiger partial charge in [0.2, 0.25) is 12.7 Å². The lowest BCUT2D eigenvalue weighted by Crippen LogP contribution is -2.38. The number of benzene rings is 2. The van der Waals surface area contributed by atoms with Gasteiger partial charge in [-0.15, -0.1) is 11.3 Å². The van der Waals surface area contributed by atoms with E-state index in [9.17, 15) is 14.4 Å². The Morgan fingerprint density at radius 2 is 1.97 bits per heavy atom. The van der Waals surface area contributed by atoms with Crippen molar-refractivity contribution in [2.24, 2.45) is 0 Å². The number of carbonyl (C=O) groups is 2. The summed E-state index contributed by atoms with van der Waals surface area (Å²) in [4.78, 5) is 37.9. The number of hydrogen-bond acceptors (Lipinski definition) is 7. The summed E-state index contributed by atoms with van der Waals surface area (Å²) in [5.41, 5.74) is 0.955. The van der Waals surface area contributed by atoms with Gasteiger partial charge in [-0.3, -0.25) is 14.2 Å². The number of nitrogens with one attached hydrogen (secondary N) is 1. The molecular weight excluding hydrogens is 515 g/mol. The molecule has 2 heterocycles. The molecule has 1 aliphatic rings. The maximum absolute atomic E-state index is 13.1. The fraction of sp³-hybridized carbons (Fsp3) is 0.208. The lowest BCUT2D eigenvalue weighted by Gasteiger charge is -2.07. The SMILES string of the molecule is CCOC(=O)C=c1sc(=Cc2ccc(Cl)cc2Cl)c(=O)n1CC(=O)NCc1ccc2c(c1)OCO2. The summed E-state index contributed by atoms with van der Waals surface area (Å²) < 4.78 is 17.4. The van der Waals surface area contributed by atoms with Crippen LogP contribution in [0, 0.1) is 0 Å². The van der Waals surface area contributed by atoms with Gasteiger partial charge in [-0.2, -0.15) is 0 Å². The molecular formula is C24H20Cl2N2O6S. The van der Waals surface area contributed by atoms with Gasteiger partial charge in [0.25, 0.3) is 5.56 Å². The number of carbonyl (C=O) groups excluding carboxylic acids is 2. The molecule has 0 aliphatic carbocycles. The predicted octanol–water partition coefficient (Wildman–Crippen LogP) is 2.43. The first-order chi connectivity index (χ1) is 16.8. The highest BCUT2D eigenvalue weighted by Crippen LogP contribution is 2.32. The van der Waals surface area contributed by atoms with E-state index in [1.165, 1.54) is 10.6 Å². The Morgan fingerprint density at radius 3 is 2.74 bits per heavy atom. The summed E-state index contributed by atoms with van der Waals surface area (Å²) in [6.07, 6.45) is 2.79. The van der Waals surface area contributed by atoms with Crippen molar-refractivity contribution in [3.05, 3.63) is 77.1 Å². The summed E-state index contributed by atoms with van der Waals surface area (Å²) in [5.74, 6) is 0.239.